The van der Waals surface area contributed by atoms with Gasteiger partial charge in [-0.2, -0.15) is 0 Å². The van der Waals surface area contributed by atoms with Crippen LogP contribution in [0, 0.1) is 18.2 Å². The van der Waals surface area contributed by atoms with E-state index in [1.54, 1.807) is 6.07 Å². The summed E-state index contributed by atoms with van der Waals surface area (Å²) in [4.78, 5) is 8.63. The first-order valence-electron chi connectivity index (χ1n) is 8.69. The summed E-state index contributed by atoms with van der Waals surface area (Å²) >= 11 is 5.93. The van der Waals surface area contributed by atoms with Gasteiger partial charge in [0, 0.05) is 17.4 Å². The number of aromatic nitrogens is 1. The number of rotatable bonds is 5. The summed E-state index contributed by atoms with van der Waals surface area (Å²) in [6.07, 6.45) is 1.48. The fraction of sp³-hybridized carbons (Fsp3) is 0.316. The molecule has 1 atom stereocenters. The summed E-state index contributed by atoms with van der Waals surface area (Å²) in [5.74, 6) is -5.25. The van der Waals surface area contributed by atoms with Crippen LogP contribution in [0.4, 0.5) is 18.9 Å². The number of nitrogens with zero attached hydrogens (tertiary/aromatic N) is 2. The van der Waals surface area contributed by atoms with E-state index in [0.717, 1.165) is 5.56 Å². The summed E-state index contributed by atoms with van der Waals surface area (Å²) in [5.41, 5.74) is 7.15. The van der Waals surface area contributed by atoms with Crippen LogP contribution >= 0.6 is 11.6 Å². The summed E-state index contributed by atoms with van der Waals surface area (Å²) in [5, 5.41) is 10.5. The minimum atomic E-state index is -3.43. The maximum atomic E-state index is 14.5. The Bertz CT molecular complexity index is 996. The number of aryl methyl sites for hydroxylation is 1. The first-order chi connectivity index (χ1) is 13.6. The predicted octanol–water partition coefficient (Wildman–Crippen LogP) is 4.20. The lowest BCUT2D eigenvalue weighted by Gasteiger charge is -2.26. The van der Waals surface area contributed by atoms with Crippen molar-refractivity contribution >= 4 is 29.1 Å². The van der Waals surface area contributed by atoms with Gasteiger partial charge in [-0.25, -0.2) is 13.2 Å². The minimum absolute atomic E-state index is 0.177. The van der Waals surface area contributed by atoms with Crippen molar-refractivity contribution in [1.29, 1.82) is 5.41 Å². The van der Waals surface area contributed by atoms with Crippen LogP contribution in [-0.4, -0.2) is 29.4 Å². The molecule has 1 aromatic carbocycles. The predicted molar refractivity (Wildman–Crippen MR) is 105 cm³/mol. The third-order valence-electron chi connectivity index (χ3n) is 4.67. The summed E-state index contributed by atoms with van der Waals surface area (Å²) in [7, 11) is 0. The van der Waals surface area contributed by atoms with E-state index in [4.69, 9.17) is 22.7 Å². The quantitative estimate of drug-likeness (QED) is 0.494. The highest BCUT2D eigenvalue weighted by Gasteiger charge is 2.40. The molecule has 0 bridgehead atoms. The number of halogens is 4. The average Bonchev–Trinajstić information content (AvgIpc) is 2.65. The maximum absolute atomic E-state index is 14.5. The third-order valence-corrected chi connectivity index (χ3v) is 4.88. The molecule has 2 aromatic rings. The smallest absolute Gasteiger partial charge is 0.288 e. The molecule has 0 aliphatic carbocycles. The molecule has 3 rings (SSSR count). The van der Waals surface area contributed by atoms with Crippen molar-refractivity contribution < 1.29 is 17.9 Å². The zero-order valence-corrected chi connectivity index (χ0v) is 16.4. The summed E-state index contributed by atoms with van der Waals surface area (Å²) in [6.45, 7) is 2.07. The minimum Gasteiger partial charge on any atom is -0.459 e. The van der Waals surface area contributed by atoms with Crippen LogP contribution in [0.1, 0.15) is 35.2 Å². The Balaban J connectivity index is 1.90. The zero-order valence-electron chi connectivity index (χ0n) is 15.7. The van der Waals surface area contributed by atoms with E-state index in [9.17, 15) is 13.2 Å². The number of amidine groups is 2. The van der Waals surface area contributed by atoms with Crippen LogP contribution in [0.25, 0.3) is 0 Å². The second-order valence-electron chi connectivity index (χ2n) is 6.78. The normalized spacial score (nSPS) is 14.5. The molecule has 1 unspecified atom stereocenters. The van der Waals surface area contributed by atoms with Gasteiger partial charge in [0.15, 0.2) is 12.4 Å². The number of nitrogens with two attached hydrogens (primary N) is 1. The molecule has 154 valence electrons. The lowest BCUT2D eigenvalue weighted by Crippen LogP contribution is -2.33. The Morgan fingerprint density at radius 2 is 2.14 bits per heavy atom. The molecule has 2 heterocycles. The van der Waals surface area contributed by atoms with Gasteiger partial charge in [0.1, 0.15) is 11.5 Å². The van der Waals surface area contributed by atoms with Crippen molar-refractivity contribution in [2.75, 3.05) is 11.9 Å². The molecular formula is C19H19ClF3N5O. The average molecular weight is 426 g/mol. The summed E-state index contributed by atoms with van der Waals surface area (Å²) < 4.78 is 47.8. The van der Waals surface area contributed by atoms with Crippen molar-refractivity contribution in [2.45, 2.75) is 32.2 Å². The van der Waals surface area contributed by atoms with E-state index in [-0.39, 0.29) is 12.1 Å². The van der Waals surface area contributed by atoms with Crippen LogP contribution in [0.3, 0.4) is 0 Å². The second-order valence-corrected chi connectivity index (χ2v) is 7.21. The van der Waals surface area contributed by atoms with E-state index in [2.05, 4.69) is 20.0 Å². The Labute approximate surface area is 170 Å². The van der Waals surface area contributed by atoms with Gasteiger partial charge in [0.05, 0.1) is 17.5 Å². The van der Waals surface area contributed by atoms with Gasteiger partial charge in [-0.15, -0.1) is 0 Å². The molecule has 0 saturated carbocycles. The van der Waals surface area contributed by atoms with Crippen molar-refractivity contribution in [1.82, 2.24) is 4.98 Å². The van der Waals surface area contributed by atoms with Gasteiger partial charge >= 0.3 is 0 Å². The molecule has 0 amide bonds. The van der Waals surface area contributed by atoms with Gasteiger partial charge in [0.25, 0.3) is 11.9 Å². The molecule has 1 aromatic heterocycles. The molecule has 10 heteroatoms. The summed E-state index contributed by atoms with van der Waals surface area (Å²) in [6, 6.07) is 3.45. The van der Waals surface area contributed by atoms with E-state index < -0.39 is 30.3 Å². The highest BCUT2D eigenvalue weighted by atomic mass is 35.5. The van der Waals surface area contributed by atoms with Gasteiger partial charge in [-0.1, -0.05) is 18.5 Å². The Hall–Kier alpha value is -2.81. The number of pyridine rings is 1. The van der Waals surface area contributed by atoms with Gasteiger partial charge in [-0.3, -0.25) is 15.4 Å². The second kappa shape index (κ2) is 7.90. The number of hydrogen-bond donors (Lipinski definition) is 3. The number of ether oxygens (including phenoxy) is 1. The fourth-order valence-corrected chi connectivity index (χ4v) is 3.20. The third kappa shape index (κ3) is 4.45. The lowest BCUT2D eigenvalue weighted by atomic mass is 9.92. The van der Waals surface area contributed by atoms with Crippen molar-refractivity contribution in [3.05, 3.63) is 57.6 Å². The van der Waals surface area contributed by atoms with Crippen LogP contribution < -0.4 is 11.1 Å². The molecule has 0 fully saturated rings. The fourth-order valence-electron chi connectivity index (χ4n) is 2.99. The van der Waals surface area contributed by atoms with E-state index >= 15 is 0 Å². The zero-order chi connectivity index (χ0) is 21.3. The number of nitrogens with one attached hydrogen (secondary N) is 2. The number of fused-ring (bicyclic) bond motifs is 1. The Morgan fingerprint density at radius 1 is 1.41 bits per heavy atom. The monoisotopic (exact) mass is 425 g/mol. The molecule has 0 saturated heterocycles. The molecule has 4 N–H and O–H groups in total. The van der Waals surface area contributed by atoms with E-state index in [1.165, 1.54) is 25.3 Å². The van der Waals surface area contributed by atoms with Crippen molar-refractivity contribution in [3.8, 4) is 0 Å². The largest absolute Gasteiger partial charge is 0.459 e. The molecule has 1 aliphatic rings. The van der Waals surface area contributed by atoms with Crippen LogP contribution in [-0.2, 0) is 11.3 Å². The van der Waals surface area contributed by atoms with Gasteiger partial charge in [0.2, 0.25) is 0 Å². The number of alkyl halides is 2. The van der Waals surface area contributed by atoms with Crippen molar-refractivity contribution in [2.24, 2.45) is 10.7 Å². The topological polar surface area (TPSA) is 96.4 Å². The van der Waals surface area contributed by atoms with Gasteiger partial charge in [-0.05, 0) is 36.2 Å². The molecular weight excluding hydrogens is 407 g/mol. The molecule has 6 nitrogen and oxygen atoms in total. The van der Waals surface area contributed by atoms with Crippen LogP contribution in [0.2, 0.25) is 5.02 Å². The Kier molecular flexibility index (Phi) is 5.70. The highest BCUT2D eigenvalue weighted by Crippen LogP contribution is 2.37. The standard InChI is InChI=1S/C19H19ClF3N5O/c1-9-3-12(20)7-26-16(9)17-27-6-11-4-14(21)13(5-15(11)28-17)10(2)19(22,23)8-29-18(24)25/h3-5,7,10H,6,8H2,1-2H3,(H3,24,25)(H,27,28). The maximum Gasteiger partial charge on any atom is 0.288 e. The first-order valence-corrected chi connectivity index (χ1v) is 9.07. The van der Waals surface area contributed by atoms with E-state index in [0.29, 0.717) is 27.8 Å². The van der Waals surface area contributed by atoms with E-state index in [1.807, 2.05) is 6.92 Å². The Morgan fingerprint density at radius 3 is 2.79 bits per heavy atom. The molecule has 0 radical (unpaired) electrons. The molecule has 1 aliphatic heterocycles. The SMILES string of the molecule is Cc1cc(Cl)cnc1C1=NCc2cc(F)c(C(C)C(F)(F)COC(=N)N)cc2N1. The van der Waals surface area contributed by atoms with Crippen molar-refractivity contribution in [3.63, 3.8) is 0 Å². The molecule has 29 heavy (non-hydrogen) atoms. The number of benzene rings is 1. The van der Waals surface area contributed by atoms with Crippen LogP contribution in [0.15, 0.2) is 29.4 Å². The number of aliphatic imine (C=N–C) groups is 1. The molecule has 0 spiro atoms. The number of hydrogen-bond acceptors (Lipinski definition) is 5. The number of anilines is 1. The van der Waals surface area contributed by atoms with Gasteiger partial charge < -0.3 is 15.8 Å². The highest BCUT2D eigenvalue weighted by molar-refractivity contribution is 6.30. The lowest BCUT2D eigenvalue weighted by molar-refractivity contribution is -0.0649. The first kappa shape index (κ1) is 20.9. The van der Waals surface area contributed by atoms with Crippen LogP contribution in [0.5, 0.6) is 0 Å².